The van der Waals surface area contributed by atoms with Crippen molar-refractivity contribution in [3.63, 3.8) is 0 Å². The quantitative estimate of drug-likeness (QED) is 0.811. The fraction of sp³-hybridized carbons (Fsp3) is 0.667. The van der Waals surface area contributed by atoms with E-state index in [1.165, 1.54) is 12.8 Å². The molecule has 1 aromatic heterocycles. The first kappa shape index (κ1) is 12.1. The van der Waals surface area contributed by atoms with Crippen molar-refractivity contribution in [2.75, 3.05) is 6.54 Å². The van der Waals surface area contributed by atoms with E-state index in [0.29, 0.717) is 11.7 Å². The number of rotatable bonds is 3. The molecule has 94 valence electrons. The average Bonchev–Trinajstić information content (AvgIpc) is 2.77. The number of aryl methyl sites for hydroxylation is 1. The number of hydrogen-bond acceptors (Lipinski definition) is 3. The Balaban J connectivity index is 1.89. The van der Waals surface area contributed by atoms with Gasteiger partial charge in [-0.3, -0.25) is 4.79 Å². The van der Waals surface area contributed by atoms with Gasteiger partial charge in [-0.05, 0) is 26.3 Å². The maximum Gasteiger partial charge on any atom is 0.271 e. The van der Waals surface area contributed by atoms with Gasteiger partial charge in [-0.1, -0.05) is 6.42 Å². The molecule has 1 saturated heterocycles. The number of carbonyl (C=O) groups excluding carboxylic acids is 1. The molecule has 0 aromatic carbocycles. The van der Waals surface area contributed by atoms with Crippen LogP contribution in [0.2, 0.25) is 0 Å². The first-order valence-corrected chi connectivity index (χ1v) is 6.19. The summed E-state index contributed by atoms with van der Waals surface area (Å²) in [5.74, 6) is -0.0922. The van der Waals surface area contributed by atoms with E-state index in [4.69, 9.17) is 0 Å². The van der Waals surface area contributed by atoms with Crippen LogP contribution in [0.15, 0.2) is 12.5 Å². The molecule has 2 heterocycles. The van der Waals surface area contributed by atoms with Crippen LogP contribution in [0.25, 0.3) is 0 Å². The maximum atomic E-state index is 11.9. The van der Waals surface area contributed by atoms with E-state index in [1.807, 2.05) is 14.0 Å². The lowest BCUT2D eigenvalue weighted by atomic mass is 9.99. The molecular weight excluding hydrogens is 216 g/mol. The van der Waals surface area contributed by atoms with Gasteiger partial charge in [0, 0.05) is 25.3 Å². The Morgan fingerprint density at radius 3 is 3.06 bits per heavy atom. The molecule has 5 heteroatoms. The highest BCUT2D eigenvalue weighted by Crippen LogP contribution is 2.10. The predicted octanol–water partition coefficient (Wildman–Crippen LogP) is 0.680. The van der Waals surface area contributed by atoms with Crippen LogP contribution in [-0.4, -0.2) is 34.1 Å². The Morgan fingerprint density at radius 2 is 2.47 bits per heavy atom. The molecule has 0 radical (unpaired) electrons. The number of piperidine rings is 1. The summed E-state index contributed by atoms with van der Waals surface area (Å²) in [5.41, 5.74) is 0.482. The molecule has 1 aliphatic rings. The zero-order chi connectivity index (χ0) is 12.3. The number of carbonyl (C=O) groups is 1. The fourth-order valence-electron chi connectivity index (χ4n) is 2.22. The average molecular weight is 236 g/mol. The second-order valence-electron chi connectivity index (χ2n) is 4.74. The lowest BCUT2D eigenvalue weighted by molar-refractivity contribution is 0.0923. The van der Waals surface area contributed by atoms with Crippen LogP contribution in [0.1, 0.15) is 36.7 Å². The minimum absolute atomic E-state index is 0.0922. The van der Waals surface area contributed by atoms with Crippen LogP contribution in [0, 0.1) is 0 Å². The molecule has 2 rings (SSSR count). The van der Waals surface area contributed by atoms with Gasteiger partial charge in [0.2, 0.25) is 0 Å². The smallest absolute Gasteiger partial charge is 0.271 e. The van der Waals surface area contributed by atoms with E-state index in [1.54, 1.807) is 17.1 Å². The largest absolute Gasteiger partial charge is 0.347 e. The summed E-state index contributed by atoms with van der Waals surface area (Å²) in [5, 5.41) is 6.44. The molecule has 2 N–H and O–H groups in total. The van der Waals surface area contributed by atoms with Gasteiger partial charge < -0.3 is 15.2 Å². The van der Waals surface area contributed by atoms with Crippen molar-refractivity contribution in [3.8, 4) is 0 Å². The number of hydrogen-bond donors (Lipinski definition) is 2. The summed E-state index contributed by atoms with van der Waals surface area (Å²) >= 11 is 0. The zero-order valence-corrected chi connectivity index (χ0v) is 10.4. The maximum absolute atomic E-state index is 11.9. The van der Waals surface area contributed by atoms with Crippen molar-refractivity contribution in [2.45, 2.75) is 38.3 Å². The van der Waals surface area contributed by atoms with E-state index in [0.717, 1.165) is 13.0 Å². The first-order chi connectivity index (χ1) is 8.16. The number of aromatic nitrogens is 2. The molecule has 2 unspecified atom stereocenters. The van der Waals surface area contributed by atoms with Crippen molar-refractivity contribution in [3.05, 3.63) is 18.2 Å². The lowest BCUT2D eigenvalue weighted by Crippen LogP contribution is -2.50. The molecule has 0 spiro atoms. The highest BCUT2D eigenvalue weighted by molar-refractivity contribution is 5.92. The molecule has 1 amide bonds. The van der Waals surface area contributed by atoms with E-state index in [9.17, 15) is 4.79 Å². The van der Waals surface area contributed by atoms with Gasteiger partial charge in [-0.25, -0.2) is 4.98 Å². The number of nitrogens with one attached hydrogen (secondary N) is 2. The third kappa shape index (κ3) is 3.06. The number of imidazole rings is 1. The second kappa shape index (κ2) is 5.31. The molecule has 0 bridgehead atoms. The van der Waals surface area contributed by atoms with Gasteiger partial charge in [-0.15, -0.1) is 0 Å². The molecule has 0 aliphatic carbocycles. The Kier molecular flexibility index (Phi) is 3.78. The molecular formula is C12H20N4O. The molecule has 1 aliphatic heterocycles. The summed E-state index contributed by atoms with van der Waals surface area (Å²) in [6.45, 7) is 3.10. The van der Waals surface area contributed by atoms with Crippen molar-refractivity contribution < 1.29 is 4.79 Å². The van der Waals surface area contributed by atoms with Gasteiger partial charge in [-0.2, -0.15) is 0 Å². The summed E-state index contributed by atoms with van der Waals surface area (Å²) in [4.78, 5) is 15.9. The molecule has 5 nitrogen and oxygen atoms in total. The van der Waals surface area contributed by atoms with E-state index >= 15 is 0 Å². The Morgan fingerprint density at radius 1 is 1.65 bits per heavy atom. The highest BCUT2D eigenvalue weighted by Gasteiger charge is 2.21. The molecule has 1 fully saturated rings. The summed E-state index contributed by atoms with van der Waals surface area (Å²) in [7, 11) is 1.86. The van der Waals surface area contributed by atoms with Gasteiger partial charge in [0.25, 0.3) is 5.91 Å². The highest BCUT2D eigenvalue weighted by atomic mass is 16.2. The second-order valence-corrected chi connectivity index (χ2v) is 4.74. The van der Waals surface area contributed by atoms with Crippen molar-refractivity contribution >= 4 is 5.91 Å². The van der Waals surface area contributed by atoms with Crippen molar-refractivity contribution in [1.29, 1.82) is 0 Å². The van der Waals surface area contributed by atoms with E-state index < -0.39 is 0 Å². The SMILES string of the molecule is CC(NC(=O)c1cn(C)cn1)C1CCCCN1. The number of amides is 1. The molecule has 2 atom stereocenters. The molecule has 0 saturated carbocycles. The van der Waals surface area contributed by atoms with Crippen molar-refractivity contribution in [1.82, 2.24) is 20.2 Å². The Hall–Kier alpha value is -1.36. The normalized spacial score (nSPS) is 22.1. The standard InChI is InChI=1S/C12H20N4O/c1-9(10-5-3-4-6-13-10)15-12(17)11-7-16(2)8-14-11/h7-10,13H,3-6H2,1-2H3,(H,15,17). The minimum atomic E-state index is -0.0922. The summed E-state index contributed by atoms with van der Waals surface area (Å²) < 4.78 is 1.78. The Labute approximate surface area is 102 Å². The van der Waals surface area contributed by atoms with Crippen LogP contribution < -0.4 is 10.6 Å². The predicted molar refractivity (Wildman–Crippen MR) is 65.8 cm³/mol. The minimum Gasteiger partial charge on any atom is -0.347 e. The van der Waals surface area contributed by atoms with Gasteiger partial charge in [0.05, 0.1) is 6.33 Å². The fourth-order valence-corrected chi connectivity index (χ4v) is 2.22. The summed E-state index contributed by atoms with van der Waals surface area (Å²) in [6, 6.07) is 0.529. The molecule has 17 heavy (non-hydrogen) atoms. The van der Waals surface area contributed by atoms with Crippen LogP contribution in [-0.2, 0) is 7.05 Å². The number of nitrogens with zero attached hydrogens (tertiary/aromatic N) is 2. The van der Waals surface area contributed by atoms with E-state index in [2.05, 4.69) is 15.6 Å². The monoisotopic (exact) mass is 236 g/mol. The lowest BCUT2D eigenvalue weighted by Gasteiger charge is -2.29. The molecule has 1 aromatic rings. The zero-order valence-electron chi connectivity index (χ0n) is 10.4. The Bertz CT molecular complexity index is 382. The topological polar surface area (TPSA) is 59.0 Å². The van der Waals surface area contributed by atoms with Gasteiger partial charge >= 0.3 is 0 Å². The van der Waals surface area contributed by atoms with Crippen LogP contribution in [0.5, 0.6) is 0 Å². The van der Waals surface area contributed by atoms with Gasteiger partial charge in [0.1, 0.15) is 5.69 Å². The van der Waals surface area contributed by atoms with Crippen LogP contribution in [0.3, 0.4) is 0 Å². The van der Waals surface area contributed by atoms with E-state index in [-0.39, 0.29) is 11.9 Å². The summed E-state index contributed by atoms with van der Waals surface area (Å²) in [6.07, 6.45) is 6.97. The first-order valence-electron chi connectivity index (χ1n) is 6.19. The van der Waals surface area contributed by atoms with Crippen molar-refractivity contribution in [2.24, 2.45) is 7.05 Å². The third-order valence-corrected chi connectivity index (χ3v) is 3.25. The van der Waals surface area contributed by atoms with Crippen LogP contribution in [0.4, 0.5) is 0 Å². The third-order valence-electron chi connectivity index (χ3n) is 3.25. The van der Waals surface area contributed by atoms with Crippen LogP contribution >= 0.6 is 0 Å². The van der Waals surface area contributed by atoms with Gasteiger partial charge in [0.15, 0.2) is 0 Å².